The number of nitro benzene ring substituents is 1. The highest BCUT2D eigenvalue weighted by atomic mass is 35.5. The van der Waals surface area contributed by atoms with Crippen LogP contribution in [0.5, 0.6) is 0 Å². The first-order valence-electron chi connectivity index (χ1n) is 7.42. The number of rotatable bonds is 7. The molecule has 0 aromatic heterocycles. The molecule has 1 fully saturated rings. The van der Waals surface area contributed by atoms with E-state index in [0.29, 0.717) is 17.5 Å². The Morgan fingerprint density at radius 3 is 2.76 bits per heavy atom. The van der Waals surface area contributed by atoms with Crippen LogP contribution in [0.3, 0.4) is 0 Å². The number of halogens is 1. The molecule has 0 saturated carbocycles. The second-order valence-electron chi connectivity index (χ2n) is 5.78. The van der Waals surface area contributed by atoms with Gasteiger partial charge in [-0.1, -0.05) is 18.5 Å². The highest BCUT2D eigenvalue weighted by Gasteiger charge is 2.14. The molecule has 0 spiro atoms. The third kappa shape index (κ3) is 4.95. The van der Waals surface area contributed by atoms with Crippen molar-refractivity contribution in [2.24, 2.45) is 5.92 Å². The van der Waals surface area contributed by atoms with Gasteiger partial charge in [0.15, 0.2) is 0 Å². The van der Waals surface area contributed by atoms with Crippen molar-refractivity contribution in [1.82, 2.24) is 10.2 Å². The lowest BCUT2D eigenvalue weighted by atomic mass is 10.1. The lowest BCUT2D eigenvalue weighted by molar-refractivity contribution is -0.384. The van der Waals surface area contributed by atoms with E-state index in [1.807, 2.05) is 0 Å². The zero-order valence-corrected chi connectivity index (χ0v) is 13.1. The molecule has 1 atom stereocenters. The summed E-state index contributed by atoms with van der Waals surface area (Å²) in [7, 11) is 0. The quantitative estimate of drug-likeness (QED) is 0.621. The highest BCUT2D eigenvalue weighted by molar-refractivity contribution is 6.31. The van der Waals surface area contributed by atoms with E-state index in [9.17, 15) is 10.1 Å². The van der Waals surface area contributed by atoms with Gasteiger partial charge in [-0.2, -0.15) is 0 Å². The maximum Gasteiger partial charge on any atom is 0.270 e. The fraction of sp³-hybridized carbons (Fsp3) is 0.600. The van der Waals surface area contributed by atoms with Gasteiger partial charge in [0.2, 0.25) is 0 Å². The second kappa shape index (κ2) is 7.73. The summed E-state index contributed by atoms with van der Waals surface area (Å²) < 4.78 is 0. The predicted molar refractivity (Wildman–Crippen MR) is 84.7 cm³/mol. The Kier molecular flexibility index (Phi) is 5.96. The van der Waals surface area contributed by atoms with E-state index in [2.05, 4.69) is 17.1 Å². The number of likely N-dealkylation sites (tertiary alicyclic amines) is 1. The van der Waals surface area contributed by atoms with Crippen molar-refractivity contribution in [2.45, 2.75) is 26.3 Å². The highest BCUT2D eigenvalue weighted by Crippen LogP contribution is 2.22. The number of non-ortho nitro benzene ring substituents is 1. The summed E-state index contributed by atoms with van der Waals surface area (Å²) in [5, 5.41) is 14.5. The molecule has 0 radical (unpaired) electrons. The summed E-state index contributed by atoms with van der Waals surface area (Å²) in [5.41, 5.74) is 0.932. The van der Waals surface area contributed by atoms with Crippen molar-refractivity contribution >= 4 is 17.3 Å². The summed E-state index contributed by atoms with van der Waals surface area (Å²) in [6.07, 6.45) is 2.64. The van der Waals surface area contributed by atoms with E-state index in [-0.39, 0.29) is 5.69 Å². The number of hydrogen-bond acceptors (Lipinski definition) is 4. The Morgan fingerprint density at radius 2 is 2.14 bits per heavy atom. The fourth-order valence-corrected chi connectivity index (χ4v) is 2.96. The average molecular weight is 312 g/mol. The molecule has 1 aromatic rings. The second-order valence-corrected chi connectivity index (χ2v) is 6.18. The Morgan fingerprint density at radius 1 is 1.43 bits per heavy atom. The van der Waals surface area contributed by atoms with Crippen molar-refractivity contribution in [1.29, 1.82) is 0 Å². The Balaban J connectivity index is 1.76. The third-order valence-electron chi connectivity index (χ3n) is 3.82. The minimum Gasteiger partial charge on any atom is -0.312 e. The zero-order valence-electron chi connectivity index (χ0n) is 12.3. The molecule has 2 rings (SSSR count). The van der Waals surface area contributed by atoms with Gasteiger partial charge in [0, 0.05) is 25.2 Å². The number of nitrogens with zero attached hydrogens (tertiary/aromatic N) is 2. The van der Waals surface area contributed by atoms with Gasteiger partial charge in [-0.15, -0.1) is 0 Å². The Hall–Kier alpha value is -1.17. The van der Waals surface area contributed by atoms with E-state index in [1.54, 1.807) is 6.07 Å². The summed E-state index contributed by atoms with van der Waals surface area (Å²) in [5.74, 6) is 0.583. The summed E-state index contributed by atoms with van der Waals surface area (Å²) in [6, 6.07) is 4.63. The topological polar surface area (TPSA) is 58.4 Å². The van der Waals surface area contributed by atoms with Gasteiger partial charge in [-0.3, -0.25) is 10.1 Å². The number of nitrogens with one attached hydrogen (secondary N) is 1. The first kappa shape index (κ1) is 16.2. The zero-order chi connectivity index (χ0) is 15.2. The van der Waals surface area contributed by atoms with Crippen LogP contribution in [0.25, 0.3) is 0 Å². The standard InChI is InChI=1S/C15H22ClN3O2/c1-12(11-18-6-2-3-7-18)9-17-10-13-4-5-14(19(20)21)8-15(13)16/h4-5,8,12,17H,2-3,6-7,9-11H2,1H3. The van der Waals surface area contributed by atoms with Gasteiger partial charge in [0.1, 0.15) is 0 Å². The van der Waals surface area contributed by atoms with Crippen molar-refractivity contribution in [3.8, 4) is 0 Å². The van der Waals surface area contributed by atoms with Gasteiger partial charge < -0.3 is 10.2 Å². The normalized spacial score (nSPS) is 17.0. The van der Waals surface area contributed by atoms with Gasteiger partial charge in [-0.25, -0.2) is 0 Å². The van der Waals surface area contributed by atoms with Crippen LogP contribution in [0, 0.1) is 16.0 Å². The molecular weight excluding hydrogens is 290 g/mol. The monoisotopic (exact) mass is 311 g/mol. The number of hydrogen-bond donors (Lipinski definition) is 1. The van der Waals surface area contributed by atoms with Crippen LogP contribution in [-0.2, 0) is 6.54 Å². The minimum absolute atomic E-state index is 0.0335. The predicted octanol–water partition coefficient (Wildman–Crippen LogP) is 3.07. The summed E-state index contributed by atoms with van der Waals surface area (Å²) in [4.78, 5) is 12.7. The summed E-state index contributed by atoms with van der Waals surface area (Å²) >= 11 is 6.07. The van der Waals surface area contributed by atoms with Gasteiger partial charge in [-0.05, 0) is 50.0 Å². The number of nitro groups is 1. The molecule has 1 heterocycles. The molecule has 1 N–H and O–H groups in total. The molecule has 1 aliphatic rings. The average Bonchev–Trinajstić information content (AvgIpc) is 2.93. The van der Waals surface area contributed by atoms with Crippen LogP contribution in [0.1, 0.15) is 25.3 Å². The first-order valence-corrected chi connectivity index (χ1v) is 7.80. The smallest absolute Gasteiger partial charge is 0.270 e. The van der Waals surface area contributed by atoms with Crippen molar-refractivity contribution < 1.29 is 4.92 Å². The van der Waals surface area contributed by atoms with Gasteiger partial charge in [0.05, 0.1) is 9.95 Å². The molecule has 0 aliphatic carbocycles. The first-order chi connectivity index (χ1) is 10.1. The van der Waals surface area contributed by atoms with Crippen molar-refractivity contribution in [3.63, 3.8) is 0 Å². The van der Waals surface area contributed by atoms with E-state index >= 15 is 0 Å². The molecule has 21 heavy (non-hydrogen) atoms. The Bertz CT molecular complexity index is 490. The van der Waals surface area contributed by atoms with Crippen LogP contribution < -0.4 is 5.32 Å². The molecule has 1 saturated heterocycles. The van der Waals surface area contributed by atoms with Crippen molar-refractivity contribution in [3.05, 3.63) is 38.9 Å². The molecule has 0 bridgehead atoms. The molecule has 1 aromatic carbocycles. The van der Waals surface area contributed by atoms with E-state index in [4.69, 9.17) is 11.6 Å². The van der Waals surface area contributed by atoms with E-state index in [1.165, 1.54) is 38.1 Å². The van der Waals surface area contributed by atoms with Crippen LogP contribution in [0.15, 0.2) is 18.2 Å². The number of benzene rings is 1. The van der Waals surface area contributed by atoms with Crippen LogP contribution >= 0.6 is 11.6 Å². The molecule has 1 aliphatic heterocycles. The molecule has 6 heteroatoms. The summed E-state index contributed by atoms with van der Waals surface area (Å²) in [6.45, 7) is 7.37. The maximum atomic E-state index is 10.7. The van der Waals surface area contributed by atoms with Gasteiger partial charge in [0.25, 0.3) is 5.69 Å². The SMILES string of the molecule is CC(CNCc1ccc([N+](=O)[O-])cc1Cl)CN1CCCC1. The third-order valence-corrected chi connectivity index (χ3v) is 4.18. The molecule has 116 valence electrons. The largest absolute Gasteiger partial charge is 0.312 e. The maximum absolute atomic E-state index is 10.7. The van der Waals surface area contributed by atoms with Gasteiger partial charge >= 0.3 is 0 Å². The molecular formula is C15H22ClN3O2. The fourth-order valence-electron chi connectivity index (χ4n) is 2.72. The lowest BCUT2D eigenvalue weighted by Gasteiger charge is -2.20. The van der Waals surface area contributed by atoms with Crippen LogP contribution in [0.2, 0.25) is 5.02 Å². The van der Waals surface area contributed by atoms with E-state index in [0.717, 1.165) is 18.7 Å². The lowest BCUT2D eigenvalue weighted by Crippen LogP contribution is -2.31. The Labute approximate surface area is 130 Å². The van der Waals surface area contributed by atoms with Crippen LogP contribution in [-0.4, -0.2) is 36.0 Å². The molecule has 0 amide bonds. The van der Waals surface area contributed by atoms with E-state index < -0.39 is 4.92 Å². The van der Waals surface area contributed by atoms with Crippen molar-refractivity contribution in [2.75, 3.05) is 26.2 Å². The minimum atomic E-state index is -0.429. The van der Waals surface area contributed by atoms with Crippen LogP contribution in [0.4, 0.5) is 5.69 Å². The molecule has 1 unspecified atom stereocenters. The molecule has 5 nitrogen and oxygen atoms in total.